The SMILES string of the molecule is COCCCNC(=O)CN(C)C(=O)c1ccc(Br)c(N)c1. The summed E-state index contributed by atoms with van der Waals surface area (Å²) in [5.41, 5.74) is 6.68. The highest BCUT2D eigenvalue weighted by Gasteiger charge is 2.15. The molecule has 0 radical (unpaired) electrons. The molecule has 1 aromatic rings. The molecule has 21 heavy (non-hydrogen) atoms. The molecule has 3 N–H and O–H groups in total. The van der Waals surface area contributed by atoms with Gasteiger partial charge in [0, 0.05) is 43.0 Å². The van der Waals surface area contributed by atoms with E-state index in [9.17, 15) is 9.59 Å². The van der Waals surface area contributed by atoms with Gasteiger partial charge in [0.1, 0.15) is 0 Å². The first-order chi connectivity index (χ1) is 9.95. The van der Waals surface area contributed by atoms with Crippen LogP contribution in [0.4, 0.5) is 5.69 Å². The molecule has 7 heteroatoms. The van der Waals surface area contributed by atoms with E-state index in [1.54, 1.807) is 32.4 Å². The van der Waals surface area contributed by atoms with Gasteiger partial charge in [-0.3, -0.25) is 9.59 Å². The van der Waals surface area contributed by atoms with Gasteiger partial charge in [0.25, 0.3) is 5.91 Å². The molecule has 0 saturated carbocycles. The summed E-state index contributed by atoms with van der Waals surface area (Å²) >= 11 is 3.27. The molecule has 0 atom stereocenters. The van der Waals surface area contributed by atoms with Crippen molar-refractivity contribution in [1.82, 2.24) is 10.2 Å². The highest BCUT2D eigenvalue weighted by atomic mass is 79.9. The fourth-order valence-corrected chi connectivity index (χ4v) is 1.93. The number of hydrogen-bond acceptors (Lipinski definition) is 4. The number of benzene rings is 1. The molecule has 6 nitrogen and oxygen atoms in total. The van der Waals surface area contributed by atoms with Crippen LogP contribution in [0.2, 0.25) is 0 Å². The van der Waals surface area contributed by atoms with Crippen molar-refractivity contribution in [2.75, 3.05) is 39.6 Å². The van der Waals surface area contributed by atoms with Gasteiger partial charge in [-0.15, -0.1) is 0 Å². The molecule has 0 fully saturated rings. The van der Waals surface area contributed by atoms with E-state index in [0.29, 0.717) is 24.4 Å². The number of carbonyl (C=O) groups is 2. The fourth-order valence-electron chi connectivity index (χ4n) is 1.68. The maximum absolute atomic E-state index is 12.2. The Morgan fingerprint density at radius 3 is 2.76 bits per heavy atom. The standard InChI is InChI=1S/C14H20BrN3O3/c1-18(9-13(19)17-6-3-7-21-2)14(20)10-4-5-11(15)12(16)8-10/h4-5,8H,3,6-7,9,16H2,1-2H3,(H,17,19). The molecule has 0 heterocycles. The number of rotatable bonds is 7. The van der Waals surface area contributed by atoms with Crippen LogP contribution in [0.15, 0.2) is 22.7 Å². The molecule has 0 saturated heterocycles. The van der Waals surface area contributed by atoms with Crippen molar-refractivity contribution >= 4 is 33.4 Å². The Morgan fingerprint density at radius 2 is 2.14 bits per heavy atom. The van der Waals surface area contributed by atoms with Crippen molar-refractivity contribution in [2.45, 2.75) is 6.42 Å². The summed E-state index contributed by atoms with van der Waals surface area (Å²) in [5, 5.41) is 2.73. The quantitative estimate of drug-likeness (QED) is 0.568. The van der Waals surface area contributed by atoms with Crippen molar-refractivity contribution in [3.63, 3.8) is 0 Å². The van der Waals surface area contributed by atoms with Crippen molar-refractivity contribution < 1.29 is 14.3 Å². The van der Waals surface area contributed by atoms with Crippen LogP contribution in [0.25, 0.3) is 0 Å². The van der Waals surface area contributed by atoms with Gasteiger partial charge in [-0.25, -0.2) is 0 Å². The van der Waals surface area contributed by atoms with Crippen LogP contribution in [-0.2, 0) is 9.53 Å². The zero-order chi connectivity index (χ0) is 15.8. The lowest BCUT2D eigenvalue weighted by Crippen LogP contribution is -2.38. The maximum Gasteiger partial charge on any atom is 0.254 e. The van der Waals surface area contributed by atoms with Gasteiger partial charge in [0.05, 0.1) is 6.54 Å². The van der Waals surface area contributed by atoms with Gasteiger partial charge in [0.2, 0.25) is 5.91 Å². The third kappa shape index (κ3) is 5.73. The third-order valence-electron chi connectivity index (χ3n) is 2.82. The van der Waals surface area contributed by atoms with E-state index < -0.39 is 0 Å². The van der Waals surface area contributed by atoms with Crippen LogP contribution < -0.4 is 11.1 Å². The number of nitrogens with zero attached hydrogens (tertiary/aromatic N) is 1. The first kappa shape index (κ1) is 17.5. The molecule has 0 aromatic heterocycles. The summed E-state index contributed by atoms with van der Waals surface area (Å²) in [6.45, 7) is 1.12. The van der Waals surface area contributed by atoms with E-state index >= 15 is 0 Å². The first-order valence-corrected chi connectivity index (χ1v) is 7.31. The molecule has 116 valence electrons. The summed E-state index contributed by atoms with van der Waals surface area (Å²) in [6, 6.07) is 4.95. The van der Waals surface area contributed by atoms with E-state index in [4.69, 9.17) is 10.5 Å². The topological polar surface area (TPSA) is 84.7 Å². The first-order valence-electron chi connectivity index (χ1n) is 6.52. The molecule has 0 bridgehead atoms. The number of nitrogen functional groups attached to an aromatic ring is 1. The smallest absolute Gasteiger partial charge is 0.254 e. The minimum atomic E-state index is -0.249. The normalized spacial score (nSPS) is 10.2. The van der Waals surface area contributed by atoms with Gasteiger partial charge >= 0.3 is 0 Å². The van der Waals surface area contributed by atoms with Crippen molar-refractivity contribution in [2.24, 2.45) is 0 Å². The number of halogens is 1. The Labute approximate surface area is 132 Å². The van der Waals surface area contributed by atoms with Crippen LogP contribution >= 0.6 is 15.9 Å². The number of likely N-dealkylation sites (N-methyl/N-ethyl adjacent to an activating group) is 1. The fraction of sp³-hybridized carbons (Fsp3) is 0.429. The van der Waals surface area contributed by atoms with E-state index in [1.807, 2.05) is 0 Å². The average Bonchev–Trinajstić information content (AvgIpc) is 2.45. The number of carbonyl (C=O) groups excluding carboxylic acids is 2. The summed E-state index contributed by atoms with van der Waals surface area (Å²) in [7, 11) is 3.19. The lowest BCUT2D eigenvalue weighted by molar-refractivity contribution is -0.121. The van der Waals surface area contributed by atoms with Crippen LogP contribution in [0.3, 0.4) is 0 Å². The van der Waals surface area contributed by atoms with E-state index in [-0.39, 0.29) is 18.4 Å². The highest BCUT2D eigenvalue weighted by Crippen LogP contribution is 2.20. The van der Waals surface area contributed by atoms with E-state index in [0.717, 1.165) is 10.9 Å². The molecule has 0 aliphatic heterocycles. The summed E-state index contributed by atoms with van der Waals surface area (Å²) in [5.74, 6) is -0.451. The second-order valence-corrected chi connectivity index (χ2v) is 5.45. The minimum absolute atomic E-state index is 0.00177. The van der Waals surface area contributed by atoms with Crippen LogP contribution in [0.1, 0.15) is 16.8 Å². The molecular formula is C14H20BrN3O3. The molecule has 0 unspecified atom stereocenters. The molecular weight excluding hydrogens is 338 g/mol. The largest absolute Gasteiger partial charge is 0.398 e. The number of amides is 2. The molecule has 1 rings (SSSR count). The van der Waals surface area contributed by atoms with Crippen LogP contribution in [0, 0.1) is 0 Å². The number of hydrogen-bond donors (Lipinski definition) is 2. The zero-order valence-corrected chi connectivity index (χ0v) is 13.8. The highest BCUT2D eigenvalue weighted by molar-refractivity contribution is 9.10. The lowest BCUT2D eigenvalue weighted by Gasteiger charge is -2.17. The number of anilines is 1. The molecule has 0 spiro atoms. The Balaban J connectivity index is 2.50. The van der Waals surface area contributed by atoms with E-state index in [1.165, 1.54) is 4.90 Å². The predicted molar refractivity (Wildman–Crippen MR) is 85.0 cm³/mol. The van der Waals surface area contributed by atoms with Crippen LogP contribution in [0.5, 0.6) is 0 Å². The summed E-state index contributed by atoms with van der Waals surface area (Å²) in [4.78, 5) is 25.2. The Hall–Kier alpha value is -1.60. The van der Waals surface area contributed by atoms with Crippen molar-refractivity contribution in [1.29, 1.82) is 0 Å². The second-order valence-electron chi connectivity index (χ2n) is 4.59. The Kier molecular flexibility index (Phi) is 7.18. The number of nitrogens with two attached hydrogens (primary N) is 1. The molecule has 2 amide bonds. The summed E-state index contributed by atoms with van der Waals surface area (Å²) in [6.07, 6.45) is 0.739. The van der Waals surface area contributed by atoms with Gasteiger partial charge in [-0.1, -0.05) is 0 Å². The average molecular weight is 358 g/mol. The minimum Gasteiger partial charge on any atom is -0.398 e. The second kappa shape index (κ2) is 8.63. The Bertz CT molecular complexity index is 508. The van der Waals surface area contributed by atoms with E-state index in [2.05, 4.69) is 21.2 Å². The van der Waals surface area contributed by atoms with Crippen LogP contribution in [-0.4, -0.2) is 50.6 Å². The number of methoxy groups -OCH3 is 1. The number of ether oxygens (including phenoxy) is 1. The van der Waals surface area contributed by atoms with Crippen molar-refractivity contribution in [3.8, 4) is 0 Å². The zero-order valence-electron chi connectivity index (χ0n) is 12.2. The monoisotopic (exact) mass is 357 g/mol. The van der Waals surface area contributed by atoms with Crippen molar-refractivity contribution in [3.05, 3.63) is 28.2 Å². The third-order valence-corrected chi connectivity index (χ3v) is 3.54. The van der Waals surface area contributed by atoms with Gasteiger partial charge in [-0.05, 0) is 40.5 Å². The maximum atomic E-state index is 12.2. The lowest BCUT2D eigenvalue weighted by atomic mass is 10.2. The van der Waals surface area contributed by atoms with Gasteiger partial charge in [-0.2, -0.15) is 0 Å². The number of nitrogens with one attached hydrogen (secondary N) is 1. The van der Waals surface area contributed by atoms with Gasteiger partial charge in [0.15, 0.2) is 0 Å². The Morgan fingerprint density at radius 1 is 1.43 bits per heavy atom. The molecule has 0 aliphatic rings. The summed E-state index contributed by atoms with van der Waals surface area (Å²) < 4.78 is 5.62. The molecule has 0 aliphatic carbocycles. The predicted octanol–water partition coefficient (Wildman–Crippen LogP) is 1.26. The van der Waals surface area contributed by atoms with Gasteiger partial charge < -0.3 is 20.7 Å². The molecule has 1 aromatic carbocycles.